The van der Waals surface area contributed by atoms with Crippen LogP contribution in [0.15, 0.2) is 47.5 Å². The van der Waals surface area contributed by atoms with E-state index in [0.717, 1.165) is 24.3 Å². The zero-order valence-electron chi connectivity index (χ0n) is 14.3. The average molecular weight is 391 g/mol. The number of fused-ring (bicyclic) bond motifs is 1. The predicted octanol–water partition coefficient (Wildman–Crippen LogP) is 3.26. The lowest BCUT2D eigenvalue weighted by atomic mass is 9.97. The van der Waals surface area contributed by atoms with Crippen LogP contribution in [0.4, 0.5) is 0 Å². The van der Waals surface area contributed by atoms with Crippen LogP contribution in [-0.2, 0) is 10.0 Å². The van der Waals surface area contributed by atoms with Gasteiger partial charge in [-0.2, -0.15) is 4.31 Å². The highest BCUT2D eigenvalue weighted by Crippen LogP contribution is 2.31. The summed E-state index contributed by atoms with van der Waals surface area (Å²) in [6, 6.07) is 10.7. The maximum atomic E-state index is 13.0. The van der Waals surface area contributed by atoms with Crippen LogP contribution < -0.4 is 0 Å². The Bertz CT molecular complexity index is 1060. The van der Waals surface area contributed by atoms with Gasteiger partial charge < -0.3 is 0 Å². The molecule has 0 N–H and O–H groups in total. The van der Waals surface area contributed by atoms with Gasteiger partial charge in [0.05, 0.1) is 4.90 Å². The molecule has 0 amide bonds. The largest absolute Gasteiger partial charge is 0.286 e. The smallest absolute Gasteiger partial charge is 0.243 e. The van der Waals surface area contributed by atoms with Crippen LogP contribution in [0.25, 0.3) is 5.65 Å². The van der Waals surface area contributed by atoms with E-state index in [1.54, 1.807) is 29.4 Å². The Hall–Kier alpha value is -1.96. The minimum Gasteiger partial charge on any atom is -0.286 e. The molecular weight excluding hydrogens is 372 g/mol. The van der Waals surface area contributed by atoms with Crippen molar-refractivity contribution in [2.45, 2.75) is 30.6 Å². The summed E-state index contributed by atoms with van der Waals surface area (Å²) in [7, 11) is -3.51. The van der Waals surface area contributed by atoms with E-state index >= 15 is 0 Å². The summed E-state index contributed by atoms with van der Waals surface area (Å²) < 4.78 is 29.5. The van der Waals surface area contributed by atoms with Gasteiger partial charge in [0.1, 0.15) is 5.82 Å². The van der Waals surface area contributed by atoms with E-state index in [4.69, 9.17) is 11.6 Å². The Morgan fingerprint density at radius 3 is 2.62 bits per heavy atom. The number of hydrogen-bond donors (Lipinski definition) is 0. The number of benzene rings is 1. The third-order valence-corrected chi connectivity index (χ3v) is 7.21. The highest BCUT2D eigenvalue weighted by Gasteiger charge is 2.32. The third-order valence-electron chi connectivity index (χ3n) is 4.91. The Morgan fingerprint density at radius 2 is 1.88 bits per heavy atom. The second-order valence-electron chi connectivity index (χ2n) is 6.58. The number of hydrogen-bond acceptors (Lipinski definition) is 4. The second-order valence-corrected chi connectivity index (χ2v) is 8.92. The molecule has 0 aliphatic carbocycles. The van der Waals surface area contributed by atoms with Crippen molar-refractivity contribution in [1.82, 2.24) is 18.9 Å². The molecule has 3 aromatic rings. The number of rotatable bonds is 3. The van der Waals surface area contributed by atoms with E-state index < -0.39 is 10.0 Å². The lowest BCUT2D eigenvalue weighted by Crippen LogP contribution is -2.38. The highest BCUT2D eigenvalue weighted by molar-refractivity contribution is 7.89. The fourth-order valence-electron chi connectivity index (χ4n) is 3.53. The Morgan fingerprint density at radius 1 is 1.12 bits per heavy atom. The van der Waals surface area contributed by atoms with E-state index in [2.05, 4.69) is 10.2 Å². The van der Waals surface area contributed by atoms with Crippen molar-refractivity contribution in [3.05, 3.63) is 59.0 Å². The molecule has 6 nitrogen and oxygen atoms in total. The van der Waals surface area contributed by atoms with Crippen molar-refractivity contribution in [3.8, 4) is 0 Å². The van der Waals surface area contributed by atoms with Crippen LogP contribution in [0.3, 0.4) is 0 Å². The lowest BCUT2D eigenvalue weighted by Gasteiger charge is -2.30. The van der Waals surface area contributed by atoms with E-state index in [1.807, 2.05) is 28.8 Å². The monoisotopic (exact) mass is 390 g/mol. The van der Waals surface area contributed by atoms with Crippen molar-refractivity contribution in [2.75, 3.05) is 13.1 Å². The molecule has 1 saturated heterocycles. The van der Waals surface area contributed by atoms with Gasteiger partial charge in [-0.25, -0.2) is 8.42 Å². The zero-order chi connectivity index (χ0) is 18.3. The molecule has 0 bridgehead atoms. The van der Waals surface area contributed by atoms with Crippen LogP contribution in [-0.4, -0.2) is 40.4 Å². The zero-order valence-corrected chi connectivity index (χ0v) is 15.9. The van der Waals surface area contributed by atoms with Gasteiger partial charge in [0, 0.05) is 30.2 Å². The summed E-state index contributed by atoms with van der Waals surface area (Å²) >= 11 is 5.95. The molecule has 1 aromatic carbocycles. The van der Waals surface area contributed by atoms with Crippen LogP contribution in [0.1, 0.15) is 30.1 Å². The SMILES string of the molecule is Cc1cc(Cl)ccc1S(=O)(=O)N1CCC(c2nnc3ccccn23)CC1. The van der Waals surface area contributed by atoms with Crippen LogP contribution >= 0.6 is 11.6 Å². The normalized spacial score (nSPS) is 17.0. The van der Waals surface area contributed by atoms with Crippen LogP contribution in [0.5, 0.6) is 0 Å². The first-order valence-corrected chi connectivity index (χ1v) is 10.3. The number of halogens is 1. The fraction of sp³-hybridized carbons (Fsp3) is 0.333. The number of piperidine rings is 1. The van der Waals surface area contributed by atoms with Gasteiger partial charge in [-0.05, 0) is 55.7 Å². The molecule has 4 rings (SSSR count). The first kappa shape index (κ1) is 17.5. The fourth-order valence-corrected chi connectivity index (χ4v) is 5.44. The summed E-state index contributed by atoms with van der Waals surface area (Å²) in [6.45, 7) is 2.71. The maximum Gasteiger partial charge on any atom is 0.243 e. The number of aryl methyl sites for hydroxylation is 1. The first-order chi connectivity index (χ1) is 12.5. The molecule has 3 heterocycles. The molecular formula is C18H19ClN4O2S. The first-order valence-electron chi connectivity index (χ1n) is 8.53. The standard InChI is InChI=1S/C18H19ClN4O2S/c1-13-12-15(19)5-6-16(13)26(24,25)22-10-7-14(8-11-22)18-21-20-17-4-2-3-9-23(17)18/h2-6,9,12,14H,7-8,10-11H2,1H3. The predicted molar refractivity (Wildman–Crippen MR) is 99.9 cm³/mol. The minimum absolute atomic E-state index is 0.199. The molecule has 1 aliphatic rings. The van der Waals surface area contributed by atoms with E-state index in [-0.39, 0.29) is 5.92 Å². The van der Waals surface area contributed by atoms with Crippen molar-refractivity contribution in [3.63, 3.8) is 0 Å². The quantitative estimate of drug-likeness (QED) is 0.688. The van der Waals surface area contributed by atoms with Gasteiger partial charge in [-0.3, -0.25) is 4.40 Å². The van der Waals surface area contributed by atoms with Crippen molar-refractivity contribution in [1.29, 1.82) is 0 Å². The highest BCUT2D eigenvalue weighted by atomic mass is 35.5. The molecule has 8 heteroatoms. The second kappa shape index (κ2) is 6.64. The molecule has 0 spiro atoms. The van der Waals surface area contributed by atoms with Gasteiger partial charge in [0.2, 0.25) is 10.0 Å². The van der Waals surface area contributed by atoms with Gasteiger partial charge in [0.15, 0.2) is 5.65 Å². The topological polar surface area (TPSA) is 67.6 Å². The van der Waals surface area contributed by atoms with Crippen molar-refractivity contribution < 1.29 is 8.42 Å². The lowest BCUT2D eigenvalue weighted by molar-refractivity contribution is 0.312. The molecule has 0 unspecified atom stereocenters. The summed E-state index contributed by atoms with van der Waals surface area (Å²) in [5.74, 6) is 1.10. The number of sulfonamides is 1. The van der Waals surface area contributed by atoms with Crippen molar-refractivity contribution >= 4 is 27.3 Å². The summed E-state index contributed by atoms with van der Waals surface area (Å²) in [6.07, 6.45) is 3.40. The number of pyridine rings is 1. The molecule has 1 fully saturated rings. The molecule has 0 atom stereocenters. The molecule has 2 aromatic heterocycles. The molecule has 26 heavy (non-hydrogen) atoms. The molecule has 0 saturated carbocycles. The van der Waals surface area contributed by atoms with Gasteiger partial charge in [0.25, 0.3) is 0 Å². The summed E-state index contributed by atoms with van der Waals surface area (Å²) in [5, 5.41) is 9.06. The Labute approximate surface area is 157 Å². The minimum atomic E-state index is -3.51. The van der Waals surface area contributed by atoms with E-state index in [1.165, 1.54) is 0 Å². The third kappa shape index (κ3) is 3.00. The van der Waals surface area contributed by atoms with Gasteiger partial charge in [-0.15, -0.1) is 10.2 Å². The number of aromatic nitrogens is 3. The van der Waals surface area contributed by atoms with Gasteiger partial charge in [-0.1, -0.05) is 17.7 Å². The van der Waals surface area contributed by atoms with Crippen LogP contribution in [0.2, 0.25) is 5.02 Å². The molecule has 0 radical (unpaired) electrons. The van der Waals surface area contributed by atoms with Gasteiger partial charge >= 0.3 is 0 Å². The van der Waals surface area contributed by atoms with E-state index in [9.17, 15) is 8.42 Å². The number of nitrogens with zero attached hydrogens (tertiary/aromatic N) is 4. The Kier molecular flexibility index (Phi) is 4.46. The molecule has 136 valence electrons. The summed E-state index contributed by atoms with van der Waals surface area (Å²) in [5.41, 5.74) is 1.48. The Balaban J connectivity index is 1.54. The van der Waals surface area contributed by atoms with Crippen LogP contribution in [0, 0.1) is 6.92 Å². The molecule has 1 aliphatic heterocycles. The van der Waals surface area contributed by atoms with E-state index in [0.29, 0.717) is 28.6 Å². The summed E-state index contributed by atoms with van der Waals surface area (Å²) in [4.78, 5) is 0.327. The average Bonchev–Trinajstić information content (AvgIpc) is 3.05. The van der Waals surface area contributed by atoms with Crippen molar-refractivity contribution in [2.24, 2.45) is 0 Å². The maximum absolute atomic E-state index is 13.0.